The van der Waals surface area contributed by atoms with E-state index in [1.807, 2.05) is 48.9 Å². The van der Waals surface area contributed by atoms with Gasteiger partial charge in [-0.2, -0.15) is 5.10 Å². The average Bonchev–Trinajstić information content (AvgIpc) is 2.93. The molecule has 0 unspecified atom stereocenters. The van der Waals surface area contributed by atoms with Crippen LogP contribution in [0.15, 0.2) is 53.6 Å². The van der Waals surface area contributed by atoms with Crippen molar-refractivity contribution in [2.24, 2.45) is 18.5 Å². The van der Waals surface area contributed by atoms with Crippen LogP contribution in [0.2, 0.25) is 0 Å². The van der Waals surface area contributed by atoms with Crippen molar-refractivity contribution in [1.29, 1.82) is 0 Å². The summed E-state index contributed by atoms with van der Waals surface area (Å²) in [5.74, 6) is -0.683. The van der Waals surface area contributed by atoms with Crippen LogP contribution in [0.25, 0.3) is 10.9 Å². The van der Waals surface area contributed by atoms with Crippen molar-refractivity contribution in [3.63, 3.8) is 0 Å². The molecule has 1 heterocycles. The number of nitrogens with one attached hydrogen (secondary N) is 1. The van der Waals surface area contributed by atoms with E-state index in [1.165, 1.54) is 0 Å². The lowest BCUT2D eigenvalue weighted by Gasteiger charge is -2.11. The van der Waals surface area contributed by atoms with Crippen LogP contribution >= 0.6 is 0 Å². The topological polar surface area (TPSA) is 102 Å². The molecule has 0 bridgehead atoms. The van der Waals surface area contributed by atoms with Crippen molar-refractivity contribution < 1.29 is 9.18 Å². The fourth-order valence-electron chi connectivity index (χ4n) is 2.65. The molecule has 0 aliphatic rings. The van der Waals surface area contributed by atoms with Gasteiger partial charge >= 0.3 is 0 Å². The Labute approximate surface area is 157 Å². The van der Waals surface area contributed by atoms with Crippen molar-refractivity contribution in [3.8, 4) is 0 Å². The molecule has 144 valence electrons. The van der Waals surface area contributed by atoms with Gasteiger partial charge in [-0.15, -0.1) is 0 Å². The number of carbonyl (C=O) groups excluding carboxylic acids is 1. The predicted octanol–water partition coefficient (Wildman–Crippen LogP) is 1.81. The number of halogens is 1. The first-order valence-electron chi connectivity index (χ1n) is 8.31. The molecule has 0 saturated carbocycles. The number of fused-ring (bicyclic) bond motifs is 1. The maximum absolute atomic E-state index is 13.7. The fourth-order valence-corrected chi connectivity index (χ4v) is 2.65. The van der Waals surface area contributed by atoms with Crippen LogP contribution in [0.5, 0.6) is 0 Å². The van der Waals surface area contributed by atoms with Gasteiger partial charge in [-0.05, 0) is 30.7 Å². The average molecular weight is 372 g/mol. The zero-order chi connectivity index (χ0) is 20.3. The Hall–Kier alpha value is -3.29. The summed E-state index contributed by atoms with van der Waals surface area (Å²) in [5, 5.41) is 8.63. The normalized spacial score (nSPS) is 12.7. The highest BCUT2D eigenvalue weighted by molar-refractivity contribution is 5.95. The molecule has 2 rings (SSSR count). The number of anilines is 1. The molecule has 7 nitrogen and oxygen atoms in total. The minimum absolute atomic E-state index is 0.00976. The van der Waals surface area contributed by atoms with Crippen LogP contribution in [0.4, 0.5) is 10.2 Å². The summed E-state index contributed by atoms with van der Waals surface area (Å²) in [6.07, 6.45) is 0.988. The molecule has 1 aromatic heterocycles. The van der Waals surface area contributed by atoms with E-state index in [0.29, 0.717) is 12.2 Å². The molecule has 5 N–H and O–H groups in total. The lowest BCUT2D eigenvalue weighted by atomic mass is 10.1. The molecule has 1 aromatic carbocycles. The largest absolute Gasteiger partial charge is 0.397 e. The molecule has 8 heteroatoms. The SMILES string of the molecule is C=C(N)/C(F)=C\C(C(N)=O)=C(/C)NCc1ccc2c(c1)c(N(C)C)nn2C. The minimum atomic E-state index is -0.794. The van der Waals surface area contributed by atoms with Gasteiger partial charge in [0.05, 0.1) is 16.8 Å². The zero-order valence-electron chi connectivity index (χ0n) is 16.0. The number of benzene rings is 1. The highest BCUT2D eigenvalue weighted by atomic mass is 19.1. The maximum Gasteiger partial charge on any atom is 0.250 e. The molecule has 2 aromatic rings. The Kier molecular flexibility index (Phi) is 5.89. The third kappa shape index (κ3) is 4.46. The predicted molar refractivity (Wildman–Crippen MR) is 106 cm³/mol. The van der Waals surface area contributed by atoms with Crippen molar-refractivity contribution in [2.75, 3.05) is 19.0 Å². The second-order valence-electron chi connectivity index (χ2n) is 6.47. The van der Waals surface area contributed by atoms with Gasteiger partial charge in [-0.25, -0.2) is 4.39 Å². The number of rotatable bonds is 7. The minimum Gasteiger partial charge on any atom is -0.397 e. The van der Waals surface area contributed by atoms with Crippen LogP contribution in [-0.2, 0) is 18.4 Å². The number of aryl methyl sites for hydroxylation is 1. The van der Waals surface area contributed by atoms with Crippen LogP contribution < -0.4 is 21.7 Å². The summed E-state index contributed by atoms with van der Waals surface area (Å²) in [5.41, 5.74) is 12.8. The van der Waals surface area contributed by atoms with Crippen molar-refractivity contribution in [3.05, 3.63) is 59.2 Å². The summed E-state index contributed by atoms with van der Waals surface area (Å²) < 4.78 is 15.5. The third-order valence-electron chi connectivity index (χ3n) is 4.12. The van der Waals surface area contributed by atoms with Gasteiger partial charge in [0.15, 0.2) is 5.82 Å². The van der Waals surface area contributed by atoms with E-state index >= 15 is 0 Å². The first kappa shape index (κ1) is 20.0. The molecule has 0 atom stereocenters. The number of amides is 1. The highest BCUT2D eigenvalue weighted by Crippen LogP contribution is 2.25. The van der Waals surface area contributed by atoms with Crippen molar-refractivity contribution >= 4 is 22.6 Å². The van der Waals surface area contributed by atoms with Gasteiger partial charge in [0, 0.05) is 38.8 Å². The first-order chi connectivity index (χ1) is 12.6. The van der Waals surface area contributed by atoms with E-state index < -0.39 is 11.7 Å². The molecule has 1 amide bonds. The number of carbonyl (C=O) groups is 1. The van der Waals surface area contributed by atoms with Crippen molar-refractivity contribution in [1.82, 2.24) is 15.1 Å². The van der Waals surface area contributed by atoms with Gasteiger partial charge in [0.2, 0.25) is 0 Å². The Morgan fingerprint density at radius 2 is 2.07 bits per heavy atom. The van der Waals surface area contributed by atoms with E-state index in [2.05, 4.69) is 17.0 Å². The standard InChI is InChI=1S/C19H25FN6O/c1-11(21)16(20)9-14(18(22)27)12(2)23-10-13-6-7-17-15(8-13)19(25(3)4)24-26(17)5/h6-9,23H,1,10,21H2,2-5H3,(H2,22,27)/b14-12-,16-9+. The fraction of sp³-hybridized carbons (Fsp3) is 0.263. The van der Waals surface area contributed by atoms with Crippen LogP contribution in [0.3, 0.4) is 0 Å². The van der Waals surface area contributed by atoms with Crippen molar-refractivity contribution in [2.45, 2.75) is 13.5 Å². The van der Waals surface area contributed by atoms with Gasteiger partial charge in [-0.3, -0.25) is 9.48 Å². The van der Waals surface area contributed by atoms with E-state index in [1.54, 1.807) is 6.92 Å². The molecule has 0 fully saturated rings. The Morgan fingerprint density at radius 3 is 2.63 bits per heavy atom. The lowest BCUT2D eigenvalue weighted by Crippen LogP contribution is -2.20. The first-order valence-corrected chi connectivity index (χ1v) is 8.31. The molecule has 0 spiro atoms. The number of allylic oxidation sites excluding steroid dienone is 2. The van der Waals surface area contributed by atoms with Gasteiger partial charge in [0.25, 0.3) is 5.91 Å². The van der Waals surface area contributed by atoms with E-state index in [-0.39, 0.29) is 11.3 Å². The van der Waals surface area contributed by atoms with Crippen LogP contribution in [-0.4, -0.2) is 29.8 Å². The second kappa shape index (κ2) is 7.94. The summed E-state index contributed by atoms with van der Waals surface area (Å²) in [6.45, 7) is 5.38. The van der Waals surface area contributed by atoms with E-state index in [4.69, 9.17) is 11.5 Å². The van der Waals surface area contributed by atoms with E-state index in [0.717, 1.165) is 28.4 Å². The quantitative estimate of drug-likeness (QED) is 0.508. The summed E-state index contributed by atoms with van der Waals surface area (Å²) in [7, 11) is 5.77. The second-order valence-corrected chi connectivity index (χ2v) is 6.47. The van der Waals surface area contributed by atoms with Gasteiger partial charge in [-0.1, -0.05) is 12.6 Å². The van der Waals surface area contributed by atoms with Gasteiger partial charge in [0.1, 0.15) is 5.83 Å². The number of hydrogen-bond donors (Lipinski definition) is 3. The summed E-state index contributed by atoms with van der Waals surface area (Å²) >= 11 is 0. The van der Waals surface area contributed by atoms with Crippen LogP contribution in [0, 0.1) is 0 Å². The monoisotopic (exact) mass is 372 g/mol. The number of hydrogen-bond acceptors (Lipinski definition) is 5. The van der Waals surface area contributed by atoms with E-state index in [9.17, 15) is 9.18 Å². The summed E-state index contributed by atoms with van der Waals surface area (Å²) in [6, 6.07) is 5.98. The number of primary amides is 1. The lowest BCUT2D eigenvalue weighted by molar-refractivity contribution is -0.114. The van der Waals surface area contributed by atoms with Crippen LogP contribution in [0.1, 0.15) is 12.5 Å². The molecular formula is C19H25FN6O. The number of nitrogens with zero attached hydrogens (tertiary/aromatic N) is 3. The molecule has 0 aliphatic carbocycles. The Morgan fingerprint density at radius 1 is 1.41 bits per heavy atom. The highest BCUT2D eigenvalue weighted by Gasteiger charge is 2.12. The Balaban J connectivity index is 2.31. The Bertz CT molecular complexity index is 955. The molecule has 27 heavy (non-hydrogen) atoms. The third-order valence-corrected chi connectivity index (χ3v) is 4.12. The maximum atomic E-state index is 13.7. The molecule has 0 aliphatic heterocycles. The molecule has 0 saturated heterocycles. The smallest absolute Gasteiger partial charge is 0.250 e. The molecular weight excluding hydrogens is 347 g/mol. The number of aromatic nitrogens is 2. The van der Waals surface area contributed by atoms with Gasteiger partial charge < -0.3 is 21.7 Å². The zero-order valence-corrected chi connectivity index (χ0v) is 16.0. The molecule has 0 radical (unpaired) electrons. The summed E-state index contributed by atoms with van der Waals surface area (Å²) in [4.78, 5) is 13.6. The number of nitrogens with two attached hydrogens (primary N) is 2.